The van der Waals surface area contributed by atoms with E-state index in [1.54, 1.807) is 13.0 Å². The summed E-state index contributed by atoms with van der Waals surface area (Å²) >= 11 is 3.26. The SMILES string of the molecule is CC(=O)N1CC[C@H](NCc2ccc(Br)cc2F)[C@@H](C)C1. The van der Waals surface area contributed by atoms with E-state index in [0.717, 1.165) is 24.0 Å². The van der Waals surface area contributed by atoms with Crippen molar-refractivity contribution in [3.05, 3.63) is 34.1 Å². The van der Waals surface area contributed by atoms with E-state index >= 15 is 0 Å². The van der Waals surface area contributed by atoms with Crippen molar-refractivity contribution in [3.63, 3.8) is 0 Å². The number of carbonyl (C=O) groups excluding carboxylic acids is 1. The second kappa shape index (κ2) is 6.68. The first kappa shape index (κ1) is 15.4. The van der Waals surface area contributed by atoms with Crippen LogP contribution >= 0.6 is 15.9 Å². The molecule has 0 aliphatic carbocycles. The highest BCUT2D eigenvalue weighted by Gasteiger charge is 2.26. The van der Waals surface area contributed by atoms with Crippen molar-refractivity contribution < 1.29 is 9.18 Å². The lowest BCUT2D eigenvalue weighted by molar-refractivity contribution is -0.130. The predicted octanol–water partition coefficient (Wildman–Crippen LogP) is 2.93. The third kappa shape index (κ3) is 3.79. The molecule has 0 bridgehead atoms. The van der Waals surface area contributed by atoms with E-state index in [1.165, 1.54) is 6.07 Å². The highest BCUT2D eigenvalue weighted by atomic mass is 79.9. The summed E-state index contributed by atoms with van der Waals surface area (Å²) in [5.41, 5.74) is 0.675. The van der Waals surface area contributed by atoms with Crippen LogP contribution in [0.3, 0.4) is 0 Å². The van der Waals surface area contributed by atoms with Gasteiger partial charge in [-0.2, -0.15) is 0 Å². The maximum atomic E-state index is 13.7. The molecular weight excluding hydrogens is 323 g/mol. The zero-order valence-electron chi connectivity index (χ0n) is 11.8. The van der Waals surface area contributed by atoms with Gasteiger partial charge in [-0.3, -0.25) is 4.79 Å². The number of nitrogens with one attached hydrogen (secondary N) is 1. The molecule has 2 atom stereocenters. The molecule has 1 heterocycles. The molecule has 1 aromatic carbocycles. The first-order chi connectivity index (χ1) is 9.47. The van der Waals surface area contributed by atoms with Gasteiger partial charge < -0.3 is 10.2 Å². The second-order valence-electron chi connectivity index (χ2n) is 5.45. The minimum atomic E-state index is -0.194. The van der Waals surface area contributed by atoms with E-state index in [-0.39, 0.29) is 11.7 Å². The van der Waals surface area contributed by atoms with E-state index in [1.807, 2.05) is 11.0 Å². The van der Waals surface area contributed by atoms with Crippen molar-refractivity contribution in [3.8, 4) is 0 Å². The van der Waals surface area contributed by atoms with Crippen LogP contribution < -0.4 is 5.32 Å². The van der Waals surface area contributed by atoms with E-state index in [0.29, 0.717) is 24.1 Å². The fourth-order valence-corrected chi connectivity index (χ4v) is 2.97. The van der Waals surface area contributed by atoms with Crippen LogP contribution in [0.15, 0.2) is 22.7 Å². The van der Waals surface area contributed by atoms with E-state index < -0.39 is 0 Å². The summed E-state index contributed by atoms with van der Waals surface area (Å²) in [6.45, 7) is 5.81. The number of amides is 1. The number of nitrogens with zero attached hydrogens (tertiary/aromatic N) is 1. The highest BCUT2D eigenvalue weighted by molar-refractivity contribution is 9.10. The first-order valence-electron chi connectivity index (χ1n) is 6.90. The standard InChI is InChI=1S/C15H20BrFN2O/c1-10-9-19(11(2)20)6-5-15(10)18-8-12-3-4-13(16)7-14(12)17/h3-4,7,10,15,18H,5-6,8-9H2,1-2H3/t10-,15-/m0/s1. The summed E-state index contributed by atoms with van der Waals surface area (Å²) in [5.74, 6) is 0.320. The molecule has 20 heavy (non-hydrogen) atoms. The van der Waals surface area contributed by atoms with Crippen molar-refractivity contribution in [2.45, 2.75) is 32.9 Å². The maximum absolute atomic E-state index is 13.7. The number of rotatable bonds is 3. The third-order valence-electron chi connectivity index (χ3n) is 3.92. The number of benzene rings is 1. The normalized spacial score (nSPS) is 22.9. The van der Waals surface area contributed by atoms with E-state index in [2.05, 4.69) is 28.2 Å². The van der Waals surface area contributed by atoms with Crippen LogP contribution in [0.4, 0.5) is 4.39 Å². The molecule has 5 heteroatoms. The fourth-order valence-electron chi connectivity index (χ4n) is 2.64. The molecule has 0 unspecified atom stereocenters. The Hall–Kier alpha value is -0.940. The molecule has 110 valence electrons. The number of likely N-dealkylation sites (tertiary alicyclic amines) is 1. The molecule has 1 aliphatic heterocycles. The van der Waals surface area contributed by atoms with Crippen molar-refractivity contribution in [1.29, 1.82) is 0 Å². The Morgan fingerprint density at radius 3 is 2.90 bits per heavy atom. The predicted molar refractivity (Wildman–Crippen MR) is 80.8 cm³/mol. The van der Waals surface area contributed by atoms with Gasteiger partial charge in [0.25, 0.3) is 0 Å². The Kier molecular flexibility index (Phi) is 5.16. The number of halogens is 2. The molecule has 1 saturated heterocycles. The summed E-state index contributed by atoms with van der Waals surface area (Å²) in [6, 6.07) is 5.45. The van der Waals surface area contributed by atoms with Gasteiger partial charge in [-0.05, 0) is 24.5 Å². The summed E-state index contributed by atoms with van der Waals surface area (Å²) in [6.07, 6.45) is 0.916. The second-order valence-corrected chi connectivity index (χ2v) is 6.37. The van der Waals surface area contributed by atoms with Crippen LogP contribution in [0.2, 0.25) is 0 Å². The molecule has 1 aromatic rings. The van der Waals surface area contributed by atoms with Crippen LogP contribution in [0.1, 0.15) is 25.8 Å². The highest BCUT2D eigenvalue weighted by Crippen LogP contribution is 2.19. The molecule has 0 aromatic heterocycles. The van der Waals surface area contributed by atoms with Crippen molar-refractivity contribution in [1.82, 2.24) is 10.2 Å². The van der Waals surface area contributed by atoms with Crippen molar-refractivity contribution >= 4 is 21.8 Å². The van der Waals surface area contributed by atoms with Crippen LogP contribution in [-0.4, -0.2) is 29.9 Å². The third-order valence-corrected chi connectivity index (χ3v) is 4.41. The molecule has 3 nitrogen and oxygen atoms in total. The van der Waals surface area contributed by atoms with Gasteiger partial charge in [0.15, 0.2) is 0 Å². The van der Waals surface area contributed by atoms with E-state index in [4.69, 9.17) is 0 Å². The molecule has 1 N–H and O–H groups in total. The lowest BCUT2D eigenvalue weighted by atomic mass is 9.93. The monoisotopic (exact) mass is 342 g/mol. The number of carbonyl (C=O) groups is 1. The minimum Gasteiger partial charge on any atom is -0.343 e. The van der Waals surface area contributed by atoms with Gasteiger partial charge in [-0.25, -0.2) is 4.39 Å². The quantitative estimate of drug-likeness (QED) is 0.915. The lowest BCUT2D eigenvalue weighted by Gasteiger charge is -2.37. The summed E-state index contributed by atoms with van der Waals surface area (Å²) in [4.78, 5) is 13.2. The Bertz CT molecular complexity index is 495. The van der Waals surface area contributed by atoms with Gasteiger partial charge >= 0.3 is 0 Å². The van der Waals surface area contributed by atoms with Gasteiger partial charge in [0.2, 0.25) is 5.91 Å². The number of hydrogen-bond acceptors (Lipinski definition) is 2. The summed E-state index contributed by atoms with van der Waals surface area (Å²) in [7, 11) is 0. The van der Waals surface area contributed by atoms with Gasteiger partial charge in [0.05, 0.1) is 0 Å². The number of piperidine rings is 1. The summed E-state index contributed by atoms with van der Waals surface area (Å²) < 4.78 is 14.5. The Labute approximate surface area is 127 Å². The molecule has 1 aliphatic rings. The van der Waals surface area contributed by atoms with Gasteiger partial charge in [-0.15, -0.1) is 0 Å². The molecule has 0 spiro atoms. The Balaban J connectivity index is 1.90. The molecule has 1 fully saturated rings. The lowest BCUT2D eigenvalue weighted by Crippen LogP contribution is -2.49. The van der Waals surface area contributed by atoms with Crippen LogP contribution in [0.25, 0.3) is 0 Å². The first-order valence-corrected chi connectivity index (χ1v) is 7.69. The average molecular weight is 343 g/mol. The maximum Gasteiger partial charge on any atom is 0.219 e. The molecule has 0 radical (unpaired) electrons. The minimum absolute atomic E-state index is 0.134. The zero-order valence-corrected chi connectivity index (χ0v) is 13.4. The smallest absolute Gasteiger partial charge is 0.219 e. The molecular formula is C15H20BrFN2O. The van der Waals surface area contributed by atoms with E-state index in [9.17, 15) is 9.18 Å². The van der Waals surface area contributed by atoms with Crippen LogP contribution in [-0.2, 0) is 11.3 Å². The zero-order chi connectivity index (χ0) is 14.7. The van der Waals surface area contributed by atoms with Crippen LogP contribution in [0, 0.1) is 11.7 Å². The Morgan fingerprint density at radius 2 is 2.30 bits per heavy atom. The molecule has 0 saturated carbocycles. The topological polar surface area (TPSA) is 32.3 Å². The molecule has 1 amide bonds. The van der Waals surface area contributed by atoms with Crippen LogP contribution in [0.5, 0.6) is 0 Å². The average Bonchev–Trinajstić information content (AvgIpc) is 2.38. The van der Waals surface area contributed by atoms with Gasteiger partial charge in [-0.1, -0.05) is 28.9 Å². The van der Waals surface area contributed by atoms with Crippen molar-refractivity contribution in [2.24, 2.45) is 5.92 Å². The fraction of sp³-hybridized carbons (Fsp3) is 0.533. The summed E-state index contributed by atoms with van der Waals surface area (Å²) in [5, 5.41) is 3.41. The van der Waals surface area contributed by atoms with Gasteiger partial charge in [0, 0.05) is 42.6 Å². The van der Waals surface area contributed by atoms with Crippen molar-refractivity contribution in [2.75, 3.05) is 13.1 Å². The molecule has 2 rings (SSSR count). The number of hydrogen-bond donors (Lipinski definition) is 1. The van der Waals surface area contributed by atoms with Gasteiger partial charge in [0.1, 0.15) is 5.82 Å². The Morgan fingerprint density at radius 1 is 1.55 bits per heavy atom. The largest absolute Gasteiger partial charge is 0.343 e.